The van der Waals surface area contributed by atoms with Crippen LogP contribution in [0.2, 0.25) is 0 Å². The molecule has 0 bridgehead atoms. The molecule has 0 saturated carbocycles. The van der Waals surface area contributed by atoms with Gasteiger partial charge in [-0.1, -0.05) is 19.4 Å². The summed E-state index contributed by atoms with van der Waals surface area (Å²) in [6.45, 7) is 1.93. The number of aromatic carboxylic acids is 1. The first-order chi connectivity index (χ1) is 10.0. The minimum absolute atomic E-state index is 0.0302. The number of carboxylic acids is 1. The lowest BCUT2D eigenvalue weighted by Gasteiger charge is -2.00. The van der Waals surface area contributed by atoms with Crippen LogP contribution in [0.4, 0.5) is 8.78 Å². The van der Waals surface area contributed by atoms with Crippen molar-refractivity contribution in [2.75, 3.05) is 0 Å². The Morgan fingerprint density at radius 3 is 2.33 bits per heavy atom. The zero-order chi connectivity index (χ0) is 15.1. The number of aryl methyl sites for hydroxylation is 1. The molecule has 0 aliphatic rings. The molecule has 0 saturated heterocycles. The van der Waals surface area contributed by atoms with Crippen molar-refractivity contribution in [2.45, 2.75) is 19.8 Å². The van der Waals surface area contributed by atoms with Crippen LogP contribution in [0.25, 0.3) is 21.9 Å². The van der Waals surface area contributed by atoms with Crippen molar-refractivity contribution in [3.63, 3.8) is 0 Å². The molecule has 0 amide bonds. The topological polar surface area (TPSA) is 50.4 Å². The third kappa shape index (κ3) is 1.96. The highest BCUT2D eigenvalue weighted by molar-refractivity contribution is 6.07. The van der Waals surface area contributed by atoms with Crippen molar-refractivity contribution in [1.82, 2.24) is 0 Å². The van der Waals surface area contributed by atoms with E-state index in [1.807, 2.05) is 6.92 Å². The lowest BCUT2D eigenvalue weighted by atomic mass is 10.1. The van der Waals surface area contributed by atoms with E-state index in [2.05, 4.69) is 0 Å². The zero-order valence-corrected chi connectivity index (χ0v) is 11.2. The van der Waals surface area contributed by atoms with E-state index >= 15 is 0 Å². The van der Waals surface area contributed by atoms with Crippen LogP contribution in [0.15, 0.2) is 28.7 Å². The van der Waals surface area contributed by atoms with Gasteiger partial charge in [0.25, 0.3) is 0 Å². The first-order valence-electron chi connectivity index (χ1n) is 6.60. The summed E-state index contributed by atoms with van der Waals surface area (Å²) in [6, 6.07) is 5.92. The monoisotopic (exact) mass is 290 g/mol. The van der Waals surface area contributed by atoms with Gasteiger partial charge >= 0.3 is 5.97 Å². The number of carbonyl (C=O) groups is 1. The van der Waals surface area contributed by atoms with Gasteiger partial charge in [-0.2, -0.15) is 0 Å². The summed E-state index contributed by atoms with van der Waals surface area (Å²) in [6.07, 6.45) is 1.34. The van der Waals surface area contributed by atoms with E-state index in [4.69, 9.17) is 9.52 Å². The number of fused-ring (bicyclic) bond motifs is 3. The number of hydrogen-bond acceptors (Lipinski definition) is 2. The van der Waals surface area contributed by atoms with E-state index in [9.17, 15) is 13.6 Å². The van der Waals surface area contributed by atoms with Crippen molar-refractivity contribution in [1.29, 1.82) is 0 Å². The van der Waals surface area contributed by atoms with E-state index in [1.54, 1.807) is 12.1 Å². The maximum absolute atomic E-state index is 14.4. The quantitative estimate of drug-likeness (QED) is 0.771. The molecule has 0 unspecified atom stereocenters. The zero-order valence-electron chi connectivity index (χ0n) is 11.2. The standard InChI is InChI=1S/C16H12F2O3/c1-2-3-8-4-5-9-10-6-7-11(16(19)20)13(18)15(10)21-14(9)12(8)17/h4-7H,2-3H2,1H3,(H,19,20). The Hall–Kier alpha value is -2.43. The van der Waals surface area contributed by atoms with Gasteiger partial charge in [-0.25, -0.2) is 13.6 Å². The largest absolute Gasteiger partial charge is 0.478 e. The van der Waals surface area contributed by atoms with Crippen LogP contribution in [0.5, 0.6) is 0 Å². The van der Waals surface area contributed by atoms with Crippen LogP contribution in [-0.2, 0) is 6.42 Å². The number of benzene rings is 2. The van der Waals surface area contributed by atoms with Gasteiger partial charge < -0.3 is 9.52 Å². The van der Waals surface area contributed by atoms with Gasteiger partial charge in [0.15, 0.2) is 22.8 Å². The van der Waals surface area contributed by atoms with Crippen LogP contribution in [-0.4, -0.2) is 11.1 Å². The highest BCUT2D eigenvalue weighted by Gasteiger charge is 2.20. The van der Waals surface area contributed by atoms with E-state index in [1.165, 1.54) is 6.07 Å². The van der Waals surface area contributed by atoms with E-state index in [-0.39, 0.29) is 11.2 Å². The smallest absolute Gasteiger partial charge is 0.338 e. The molecule has 0 fully saturated rings. The number of hydrogen-bond donors (Lipinski definition) is 1. The SMILES string of the molecule is CCCc1ccc2c(oc3c(F)c(C(=O)O)ccc32)c1F. The fourth-order valence-corrected chi connectivity index (χ4v) is 2.51. The lowest BCUT2D eigenvalue weighted by molar-refractivity contribution is 0.0692. The Labute approximate surface area is 118 Å². The molecule has 3 aromatic rings. The Bertz CT molecular complexity index is 865. The summed E-state index contributed by atoms with van der Waals surface area (Å²) in [5.74, 6) is -2.88. The van der Waals surface area contributed by atoms with E-state index in [0.29, 0.717) is 22.8 Å². The van der Waals surface area contributed by atoms with Crippen molar-refractivity contribution >= 4 is 27.9 Å². The van der Waals surface area contributed by atoms with Crippen molar-refractivity contribution in [3.05, 3.63) is 47.0 Å². The van der Waals surface area contributed by atoms with Gasteiger partial charge in [0, 0.05) is 10.8 Å². The second kappa shape index (κ2) is 4.84. The second-order valence-electron chi connectivity index (χ2n) is 4.88. The first-order valence-corrected chi connectivity index (χ1v) is 6.60. The van der Waals surface area contributed by atoms with Gasteiger partial charge in [-0.05, 0) is 30.2 Å². The van der Waals surface area contributed by atoms with E-state index in [0.717, 1.165) is 12.5 Å². The molecule has 1 heterocycles. The fraction of sp³-hybridized carbons (Fsp3) is 0.188. The first kappa shape index (κ1) is 13.5. The molecule has 108 valence electrons. The maximum Gasteiger partial charge on any atom is 0.338 e. The van der Waals surface area contributed by atoms with Crippen molar-refractivity contribution in [3.8, 4) is 0 Å². The van der Waals surface area contributed by atoms with Crippen LogP contribution in [0, 0.1) is 11.6 Å². The molecule has 3 rings (SSSR count). The number of furan rings is 1. The van der Waals surface area contributed by atoms with Crippen molar-refractivity contribution < 1.29 is 23.1 Å². The molecule has 2 aromatic carbocycles. The van der Waals surface area contributed by atoms with Gasteiger partial charge in [0.1, 0.15) is 0 Å². The third-order valence-electron chi connectivity index (χ3n) is 3.52. The molecule has 3 nitrogen and oxygen atoms in total. The molecule has 5 heteroatoms. The molecular formula is C16H12F2O3. The summed E-state index contributed by atoms with van der Waals surface area (Å²) in [4.78, 5) is 10.9. The summed E-state index contributed by atoms with van der Waals surface area (Å²) in [5.41, 5.74) is -0.242. The average Bonchev–Trinajstić information content (AvgIpc) is 2.83. The Morgan fingerprint density at radius 1 is 1.10 bits per heavy atom. The molecule has 0 radical (unpaired) electrons. The van der Waals surface area contributed by atoms with Crippen LogP contribution >= 0.6 is 0 Å². The van der Waals surface area contributed by atoms with Crippen LogP contribution < -0.4 is 0 Å². The van der Waals surface area contributed by atoms with E-state index < -0.39 is 23.2 Å². The molecule has 0 atom stereocenters. The highest BCUT2D eigenvalue weighted by Crippen LogP contribution is 2.34. The molecule has 0 spiro atoms. The highest BCUT2D eigenvalue weighted by atomic mass is 19.1. The Morgan fingerprint density at radius 2 is 1.71 bits per heavy atom. The molecular weight excluding hydrogens is 278 g/mol. The van der Waals surface area contributed by atoms with Crippen LogP contribution in [0.3, 0.4) is 0 Å². The molecule has 1 aromatic heterocycles. The molecule has 0 aliphatic heterocycles. The number of halogens is 2. The summed E-state index contributed by atoms with van der Waals surface area (Å²) >= 11 is 0. The molecule has 1 N–H and O–H groups in total. The molecule has 21 heavy (non-hydrogen) atoms. The lowest BCUT2D eigenvalue weighted by Crippen LogP contribution is -1.99. The Balaban J connectivity index is 2.36. The Kier molecular flexibility index (Phi) is 3.12. The second-order valence-corrected chi connectivity index (χ2v) is 4.88. The van der Waals surface area contributed by atoms with Gasteiger partial charge in [-0.15, -0.1) is 0 Å². The van der Waals surface area contributed by atoms with Crippen molar-refractivity contribution in [2.24, 2.45) is 0 Å². The predicted molar refractivity (Wildman–Crippen MR) is 74.6 cm³/mol. The maximum atomic E-state index is 14.4. The normalized spacial score (nSPS) is 11.4. The summed E-state index contributed by atoms with van der Waals surface area (Å²) in [7, 11) is 0. The number of rotatable bonds is 3. The minimum Gasteiger partial charge on any atom is -0.478 e. The fourth-order valence-electron chi connectivity index (χ4n) is 2.51. The summed E-state index contributed by atoms with van der Waals surface area (Å²) in [5, 5.41) is 9.73. The van der Waals surface area contributed by atoms with Crippen LogP contribution in [0.1, 0.15) is 29.3 Å². The van der Waals surface area contributed by atoms with Gasteiger partial charge in [-0.3, -0.25) is 0 Å². The third-order valence-corrected chi connectivity index (χ3v) is 3.52. The minimum atomic E-state index is -1.39. The van der Waals surface area contributed by atoms with Gasteiger partial charge in [0.2, 0.25) is 0 Å². The average molecular weight is 290 g/mol. The predicted octanol–water partition coefficient (Wildman–Crippen LogP) is 4.51. The summed E-state index contributed by atoms with van der Waals surface area (Å²) < 4.78 is 33.8. The number of carboxylic acid groups (broad SMARTS) is 1. The van der Waals surface area contributed by atoms with Gasteiger partial charge in [0.05, 0.1) is 5.56 Å². The molecule has 0 aliphatic carbocycles.